The molecule has 1 aromatic rings. The van der Waals surface area contributed by atoms with Gasteiger partial charge in [0.05, 0.1) is 12.8 Å². The van der Waals surface area contributed by atoms with E-state index in [1.165, 1.54) is 7.11 Å². The van der Waals surface area contributed by atoms with E-state index in [9.17, 15) is 8.42 Å². The molecule has 2 N–H and O–H groups in total. The fourth-order valence-corrected chi connectivity index (χ4v) is 3.08. The van der Waals surface area contributed by atoms with E-state index in [2.05, 4.69) is 25.4 Å². The quantitative estimate of drug-likeness (QED) is 0.887. The second-order valence-corrected chi connectivity index (χ2v) is 7.07. The third-order valence-electron chi connectivity index (χ3n) is 1.86. The van der Waals surface area contributed by atoms with Crippen molar-refractivity contribution in [2.45, 2.75) is 26.3 Å². The van der Waals surface area contributed by atoms with Gasteiger partial charge >= 0.3 is 0 Å². The molecule has 0 aliphatic rings. The van der Waals surface area contributed by atoms with Gasteiger partial charge in [0.1, 0.15) is 5.75 Å². The van der Waals surface area contributed by atoms with Crippen molar-refractivity contribution >= 4 is 31.8 Å². The molecule has 0 saturated heterocycles. The monoisotopic (exact) mass is 336 g/mol. The van der Waals surface area contributed by atoms with Gasteiger partial charge in [-0.1, -0.05) is 0 Å². The Morgan fingerprint density at radius 2 is 1.89 bits per heavy atom. The number of hydrogen-bond acceptors (Lipinski definition) is 3. The number of rotatable bonds is 4. The summed E-state index contributed by atoms with van der Waals surface area (Å²) in [5.74, 6) is 0.576. The van der Waals surface area contributed by atoms with Crippen LogP contribution >= 0.6 is 15.9 Å². The van der Waals surface area contributed by atoms with E-state index in [-0.39, 0.29) is 0 Å². The molecule has 0 aromatic heterocycles. The van der Waals surface area contributed by atoms with Gasteiger partial charge in [0.25, 0.3) is 10.2 Å². The molecular weight excluding hydrogens is 320 g/mol. The molecule has 0 amide bonds. The lowest BCUT2D eigenvalue weighted by Gasteiger charge is -2.21. The van der Waals surface area contributed by atoms with E-state index in [1.807, 2.05) is 0 Å². The molecule has 0 fully saturated rings. The van der Waals surface area contributed by atoms with Gasteiger partial charge in [0.15, 0.2) is 0 Å². The molecule has 0 aliphatic carbocycles. The zero-order valence-electron chi connectivity index (χ0n) is 10.7. The van der Waals surface area contributed by atoms with E-state index < -0.39 is 15.7 Å². The molecule has 5 nitrogen and oxygen atoms in total. The van der Waals surface area contributed by atoms with Crippen molar-refractivity contribution in [3.8, 4) is 5.75 Å². The second kappa shape index (κ2) is 5.46. The fourth-order valence-electron chi connectivity index (χ4n) is 1.28. The SMILES string of the molecule is COc1ccc(Br)c(NS(=O)(=O)NC(C)(C)C)c1. The van der Waals surface area contributed by atoms with E-state index in [4.69, 9.17) is 4.74 Å². The van der Waals surface area contributed by atoms with Crippen molar-refractivity contribution in [1.29, 1.82) is 0 Å². The van der Waals surface area contributed by atoms with Crippen LogP contribution in [0.25, 0.3) is 0 Å². The van der Waals surface area contributed by atoms with Gasteiger partial charge in [0, 0.05) is 16.1 Å². The minimum Gasteiger partial charge on any atom is -0.497 e. The smallest absolute Gasteiger partial charge is 0.299 e. The lowest BCUT2D eigenvalue weighted by molar-refractivity contribution is 0.415. The Kier molecular flexibility index (Phi) is 4.63. The summed E-state index contributed by atoms with van der Waals surface area (Å²) in [7, 11) is -2.10. The largest absolute Gasteiger partial charge is 0.497 e. The number of nitrogens with one attached hydrogen (secondary N) is 2. The Bertz CT molecular complexity index is 524. The number of hydrogen-bond donors (Lipinski definition) is 2. The average Bonchev–Trinajstić information content (AvgIpc) is 2.17. The maximum Gasteiger partial charge on any atom is 0.299 e. The van der Waals surface area contributed by atoms with Crippen LogP contribution in [-0.2, 0) is 10.2 Å². The zero-order valence-corrected chi connectivity index (χ0v) is 13.1. The highest BCUT2D eigenvalue weighted by atomic mass is 79.9. The minimum absolute atomic E-state index is 0.422. The maximum atomic E-state index is 11.9. The maximum absolute atomic E-state index is 11.9. The first-order valence-electron chi connectivity index (χ1n) is 5.28. The zero-order chi connectivity index (χ0) is 14.0. The van der Waals surface area contributed by atoms with Crippen molar-refractivity contribution in [2.24, 2.45) is 0 Å². The normalized spacial score (nSPS) is 12.3. The highest BCUT2D eigenvalue weighted by Gasteiger charge is 2.20. The summed E-state index contributed by atoms with van der Waals surface area (Å²) < 4.78 is 34.4. The summed E-state index contributed by atoms with van der Waals surface area (Å²) in [6.45, 7) is 5.31. The molecule has 0 saturated carbocycles. The number of anilines is 1. The minimum atomic E-state index is -3.63. The Morgan fingerprint density at radius 3 is 2.39 bits per heavy atom. The van der Waals surface area contributed by atoms with Crippen molar-refractivity contribution in [3.63, 3.8) is 0 Å². The molecule has 0 unspecified atom stereocenters. The summed E-state index contributed by atoms with van der Waals surface area (Å²) in [4.78, 5) is 0. The first-order valence-corrected chi connectivity index (χ1v) is 7.56. The van der Waals surface area contributed by atoms with Gasteiger partial charge in [-0.15, -0.1) is 0 Å². The predicted molar refractivity (Wildman–Crippen MR) is 76.1 cm³/mol. The van der Waals surface area contributed by atoms with E-state index >= 15 is 0 Å². The first-order chi connectivity index (χ1) is 8.13. The lowest BCUT2D eigenvalue weighted by atomic mass is 10.1. The van der Waals surface area contributed by atoms with Crippen LogP contribution < -0.4 is 14.2 Å². The summed E-state index contributed by atoms with van der Waals surface area (Å²) in [5.41, 5.74) is -0.122. The number of ether oxygens (including phenoxy) is 1. The molecule has 18 heavy (non-hydrogen) atoms. The average molecular weight is 337 g/mol. The molecule has 0 heterocycles. The van der Waals surface area contributed by atoms with Gasteiger partial charge in [-0.25, -0.2) is 0 Å². The molecule has 102 valence electrons. The number of halogens is 1. The van der Waals surface area contributed by atoms with Crippen LogP contribution in [0.5, 0.6) is 5.75 Å². The van der Waals surface area contributed by atoms with Crippen LogP contribution in [-0.4, -0.2) is 21.1 Å². The molecule has 0 aliphatic heterocycles. The Labute approximate surface area is 116 Å². The molecule has 1 aromatic carbocycles. The Hall–Kier alpha value is -0.790. The molecule has 0 bridgehead atoms. The van der Waals surface area contributed by atoms with Crippen LogP contribution in [0, 0.1) is 0 Å². The van der Waals surface area contributed by atoms with E-state index in [1.54, 1.807) is 39.0 Å². The second-order valence-electron chi connectivity index (χ2n) is 4.80. The third-order valence-corrected chi connectivity index (χ3v) is 3.92. The van der Waals surface area contributed by atoms with Gasteiger partial charge in [-0.2, -0.15) is 13.1 Å². The standard InChI is InChI=1S/C11H17BrN2O3S/c1-11(2,3)14-18(15,16)13-10-7-8(17-4)5-6-9(10)12/h5-7,13-14H,1-4H3. The topological polar surface area (TPSA) is 67.4 Å². The van der Waals surface area contributed by atoms with E-state index in [0.717, 1.165) is 0 Å². The summed E-state index contributed by atoms with van der Waals surface area (Å²) in [6, 6.07) is 5.05. The summed E-state index contributed by atoms with van der Waals surface area (Å²) in [6.07, 6.45) is 0. The van der Waals surface area contributed by atoms with Gasteiger partial charge < -0.3 is 4.74 Å². The Balaban J connectivity index is 2.97. The summed E-state index contributed by atoms with van der Waals surface area (Å²) >= 11 is 3.28. The summed E-state index contributed by atoms with van der Waals surface area (Å²) in [5, 5.41) is 0. The predicted octanol–water partition coefficient (Wildman–Crippen LogP) is 2.50. The van der Waals surface area contributed by atoms with Crippen molar-refractivity contribution in [3.05, 3.63) is 22.7 Å². The molecular formula is C11H17BrN2O3S. The van der Waals surface area contributed by atoms with Crippen LogP contribution in [0.4, 0.5) is 5.69 Å². The molecule has 0 radical (unpaired) electrons. The van der Waals surface area contributed by atoms with E-state index in [0.29, 0.717) is 15.9 Å². The third kappa shape index (κ3) is 4.83. The van der Waals surface area contributed by atoms with Crippen molar-refractivity contribution in [2.75, 3.05) is 11.8 Å². The molecule has 1 rings (SSSR count). The molecule has 0 atom stereocenters. The fraction of sp³-hybridized carbons (Fsp3) is 0.455. The highest BCUT2D eigenvalue weighted by molar-refractivity contribution is 9.10. The first kappa shape index (κ1) is 15.3. The molecule has 0 spiro atoms. The number of methoxy groups -OCH3 is 1. The highest BCUT2D eigenvalue weighted by Crippen LogP contribution is 2.27. The van der Waals surface area contributed by atoms with Crippen LogP contribution in [0.15, 0.2) is 22.7 Å². The molecule has 7 heteroatoms. The van der Waals surface area contributed by atoms with Gasteiger partial charge in [0.2, 0.25) is 0 Å². The van der Waals surface area contributed by atoms with Gasteiger partial charge in [-0.3, -0.25) is 4.72 Å². The van der Waals surface area contributed by atoms with Crippen molar-refractivity contribution < 1.29 is 13.2 Å². The lowest BCUT2D eigenvalue weighted by Crippen LogP contribution is -2.43. The van der Waals surface area contributed by atoms with Gasteiger partial charge in [-0.05, 0) is 48.8 Å². The van der Waals surface area contributed by atoms with Crippen LogP contribution in [0.1, 0.15) is 20.8 Å². The Morgan fingerprint density at radius 1 is 1.28 bits per heavy atom. The number of benzene rings is 1. The van der Waals surface area contributed by atoms with Crippen LogP contribution in [0.3, 0.4) is 0 Å². The van der Waals surface area contributed by atoms with Crippen molar-refractivity contribution in [1.82, 2.24) is 4.72 Å². The van der Waals surface area contributed by atoms with Crippen LogP contribution in [0.2, 0.25) is 0 Å².